The molecule has 4 atom stereocenters. The summed E-state index contributed by atoms with van der Waals surface area (Å²) in [4.78, 5) is 4.40. The van der Waals surface area contributed by atoms with E-state index in [1.54, 1.807) is 0 Å². The van der Waals surface area contributed by atoms with E-state index in [4.69, 9.17) is 10.5 Å². The van der Waals surface area contributed by atoms with Crippen molar-refractivity contribution in [3.05, 3.63) is 35.9 Å². The van der Waals surface area contributed by atoms with Crippen molar-refractivity contribution in [1.29, 1.82) is 10.5 Å². The molecule has 4 rings (SSSR count). The first kappa shape index (κ1) is 12.7. The van der Waals surface area contributed by atoms with Crippen LogP contribution in [0.4, 0.5) is 0 Å². The van der Waals surface area contributed by atoms with E-state index in [0.29, 0.717) is 6.61 Å². The molecule has 0 bridgehead atoms. The Balaban J connectivity index is 1.95. The van der Waals surface area contributed by atoms with E-state index >= 15 is 0 Å². The van der Waals surface area contributed by atoms with E-state index in [0.717, 1.165) is 11.3 Å². The van der Waals surface area contributed by atoms with E-state index in [1.165, 1.54) is 11.8 Å². The fourth-order valence-corrected chi connectivity index (χ4v) is 5.19. The third kappa shape index (κ3) is 1.12. The molecule has 2 heterocycles. The van der Waals surface area contributed by atoms with Crippen molar-refractivity contribution in [2.24, 2.45) is 21.6 Å². The maximum Gasteiger partial charge on any atom is 0.230 e. The highest BCUT2D eigenvalue weighted by Gasteiger charge is 2.93. The Morgan fingerprint density at radius 1 is 1.29 bits per heavy atom. The first-order valence-electron chi connectivity index (χ1n) is 6.70. The lowest BCUT2D eigenvalue weighted by atomic mass is 9.95. The van der Waals surface area contributed by atoms with Gasteiger partial charge in [0.05, 0.1) is 18.7 Å². The van der Waals surface area contributed by atoms with Crippen LogP contribution in [0.15, 0.2) is 35.3 Å². The molecular formula is C15H12N4OS. The number of nitriles is 2. The highest BCUT2D eigenvalue weighted by atomic mass is 32.2. The molecule has 5 nitrogen and oxygen atoms in total. The van der Waals surface area contributed by atoms with Gasteiger partial charge in [-0.25, -0.2) is 4.99 Å². The Kier molecular flexibility index (Phi) is 2.29. The van der Waals surface area contributed by atoms with Gasteiger partial charge in [-0.2, -0.15) is 10.5 Å². The number of fused-ring (bicyclic) bond motifs is 2. The summed E-state index contributed by atoms with van der Waals surface area (Å²) in [5.74, 6) is 0.697. The number of rotatable bonds is 1. The fourth-order valence-electron chi connectivity index (χ4n) is 3.86. The maximum absolute atomic E-state index is 9.92. The molecule has 3 aliphatic rings. The summed E-state index contributed by atoms with van der Waals surface area (Å²) in [6, 6.07) is 14.2. The molecule has 2 aliphatic heterocycles. The van der Waals surface area contributed by atoms with Crippen molar-refractivity contribution >= 4 is 17.6 Å². The highest BCUT2D eigenvalue weighted by Crippen LogP contribution is 2.84. The van der Waals surface area contributed by atoms with Gasteiger partial charge >= 0.3 is 0 Å². The molecule has 1 spiro atoms. The summed E-state index contributed by atoms with van der Waals surface area (Å²) in [7, 11) is 0. The predicted molar refractivity (Wildman–Crippen MR) is 78.0 cm³/mol. The van der Waals surface area contributed by atoms with Gasteiger partial charge in [0.15, 0.2) is 5.41 Å². The minimum atomic E-state index is -1.07. The lowest BCUT2D eigenvalue weighted by Gasteiger charge is -2.26. The van der Waals surface area contributed by atoms with Gasteiger partial charge in [-0.15, -0.1) is 0 Å². The number of aliphatic imine (C=N–C) groups is 1. The first-order valence-corrected chi connectivity index (χ1v) is 7.68. The number of hydrogen-bond acceptors (Lipinski definition) is 6. The van der Waals surface area contributed by atoms with Crippen LogP contribution < -0.4 is 5.73 Å². The Bertz CT molecular complexity index is 728. The number of thioether (sulfide) groups is 1. The van der Waals surface area contributed by atoms with Crippen molar-refractivity contribution in [1.82, 2.24) is 0 Å². The van der Waals surface area contributed by atoms with Crippen molar-refractivity contribution in [3.8, 4) is 12.1 Å². The summed E-state index contributed by atoms with van der Waals surface area (Å²) in [6.45, 7) is 0.522. The van der Waals surface area contributed by atoms with Gasteiger partial charge in [-0.3, -0.25) is 0 Å². The van der Waals surface area contributed by atoms with Gasteiger partial charge < -0.3 is 10.5 Å². The third-order valence-electron chi connectivity index (χ3n) is 4.74. The van der Waals surface area contributed by atoms with Crippen molar-refractivity contribution in [2.45, 2.75) is 11.0 Å². The lowest BCUT2D eigenvalue weighted by molar-refractivity contribution is 0.0200. The number of ether oxygens (including phenoxy) is 1. The zero-order chi connectivity index (χ0) is 14.7. The number of hydrogen-bond donors (Lipinski definition) is 1. The Morgan fingerprint density at radius 3 is 2.62 bits per heavy atom. The molecule has 2 N–H and O–H groups in total. The lowest BCUT2D eigenvalue weighted by Crippen LogP contribution is -2.34. The predicted octanol–water partition coefficient (Wildman–Crippen LogP) is 1.59. The summed E-state index contributed by atoms with van der Waals surface area (Å²) >= 11 is 1.48. The summed E-state index contributed by atoms with van der Waals surface area (Å²) in [6.07, 6.45) is 0. The Labute approximate surface area is 126 Å². The molecule has 21 heavy (non-hydrogen) atoms. The summed E-state index contributed by atoms with van der Waals surface area (Å²) in [5.41, 5.74) is 4.93. The van der Waals surface area contributed by atoms with Crippen LogP contribution in [-0.4, -0.2) is 23.3 Å². The van der Waals surface area contributed by atoms with Gasteiger partial charge in [0.1, 0.15) is 11.3 Å². The average molecular weight is 296 g/mol. The Morgan fingerprint density at radius 2 is 2.05 bits per heavy atom. The van der Waals surface area contributed by atoms with Gasteiger partial charge in [0.2, 0.25) is 5.06 Å². The van der Waals surface area contributed by atoms with E-state index in [-0.39, 0.29) is 11.8 Å². The second kappa shape index (κ2) is 3.79. The molecule has 1 saturated carbocycles. The first-order chi connectivity index (χ1) is 10.2. The molecule has 0 amide bonds. The number of nitrogens with zero attached hydrogens (tertiary/aromatic N) is 3. The topological polar surface area (TPSA) is 95.2 Å². The van der Waals surface area contributed by atoms with E-state index < -0.39 is 15.9 Å². The van der Waals surface area contributed by atoms with E-state index in [2.05, 4.69) is 17.1 Å². The van der Waals surface area contributed by atoms with Gasteiger partial charge in [-0.1, -0.05) is 42.1 Å². The van der Waals surface area contributed by atoms with Crippen LogP contribution in [0.25, 0.3) is 0 Å². The molecule has 104 valence electrons. The minimum absolute atomic E-state index is 0.231. The second-order valence-electron chi connectivity index (χ2n) is 5.46. The van der Waals surface area contributed by atoms with E-state index in [9.17, 15) is 10.5 Å². The SMILES string of the molecule is N#C[C@@]12[C@H](c3ccccc3)[C@]1(C#N)C(N)=N[C@@]21OCCS1. The van der Waals surface area contributed by atoms with Crippen LogP contribution in [0.1, 0.15) is 11.5 Å². The summed E-state index contributed by atoms with van der Waals surface area (Å²) < 4.78 is 5.82. The third-order valence-corrected chi connectivity index (χ3v) is 6.03. The van der Waals surface area contributed by atoms with Gasteiger partial charge in [-0.05, 0) is 5.56 Å². The van der Waals surface area contributed by atoms with Crippen molar-refractivity contribution in [3.63, 3.8) is 0 Å². The quantitative estimate of drug-likeness (QED) is 0.849. The number of benzene rings is 1. The summed E-state index contributed by atoms with van der Waals surface area (Å²) in [5, 5.41) is 18.7. The number of amidine groups is 1. The van der Waals surface area contributed by atoms with Crippen LogP contribution in [0.3, 0.4) is 0 Å². The van der Waals surface area contributed by atoms with Crippen molar-refractivity contribution in [2.75, 3.05) is 12.4 Å². The van der Waals surface area contributed by atoms with Gasteiger partial charge in [0, 0.05) is 11.7 Å². The number of nitrogens with two attached hydrogens (primary N) is 1. The van der Waals surface area contributed by atoms with Crippen LogP contribution in [0.5, 0.6) is 0 Å². The highest BCUT2D eigenvalue weighted by molar-refractivity contribution is 8.00. The average Bonchev–Trinajstić information content (AvgIpc) is 2.78. The molecule has 2 fully saturated rings. The van der Waals surface area contributed by atoms with Crippen LogP contribution >= 0.6 is 11.8 Å². The molecule has 1 saturated heterocycles. The van der Waals surface area contributed by atoms with Gasteiger partial charge in [0.25, 0.3) is 0 Å². The van der Waals surface area contributed by atoms with Crippen LogP contribution in [-0.2, 0) is 4.74 Å². The standard InChI is InChI=1S/C15H12N4OS/c16-8-13-11(10-4-2-1-3-5-10)14(13,9-17)15(19-12(13)18)20-6-7-21-15/h1-5,11H,6-7H2,(H2,18,19)/t11-,13-,14-,15-/m1/s1. The Hall–Kier alpha value is -2.02. The molecule has 0 unspecified atom stereocenters. The zero-order valence-corrected chi connectivity index (χ0v) is 11.9. The molecule has 0 radical (unpaired) electrons. The smallest absolute Gasteiger partial charge is 0.230 e. The molecule has 1 aliphatic carbocycles. The largest absolute Gasteiger partial charge is 0.386 e. The monoisotopic (exact) mass is 296 g/mol. The van der Waals surface area contributed by atoms with E-state index in [1.807, 2.05) is 30.3 Å². The normalized spacial score (nSPS) is 43.0. The zero-order valence-electron chi connectivity index (χ0n) is 11.1. The minimum Gasteiger partial charge on any atom is -0.386 e. The van der Waals surface area contributed by atoms with Crippen molar-refractivity contribution < 1.29 is 4.74 Å². The molecular weight excluding hydrogens is 284 g/mol. The molecule has 0 aromatic heterocycles. The molecule has 1 aromatic rings. The maximum atomic E-state index is 9.92. The van der Waals surface area contributed by atoms with Crippen LogP contribution in [0.2, 0.25) is 0 Å². The second-order valence-corrected chi connectivity index (χ2v) is 6.71. The van der Waals surface area contributed by atoms with Crippen LogP contribution in [0, 0.1) is 33.5 Å². The fraction of sp³-hybridized carbons (Fsp3) is 0.400. The molecule has 1 aromatic carbocycles. The molecule has 6 heteroatoms.